The van der Waals surface area contributed by atoms with Crippen LogP contribution in [-0.4, -0.2) is 21.1 Å². The lowest BCUT2D eigenvalue weighted by Crippen LogP contribution is -2.20. The molecule has 0 saturated heterocycles. The molecule has 2 aliphatic rings. The summed E-state index contributed by atoms with van der Waals surface area (Å²) in [5.74, 6) is 2.82. The van der Waals surface area contributed by atoms with Crippen LogP contribution in [0.25, 0.3) is 81.2 Å². The molecule has 244 valence electrons. The van der Waals surface area contributed by atoms with Crippen molar-refractivity contribution in [1.29, 1.82) is 0 Å². The largest absolute Gasteiger partial charge is 0.485 e. The molecule has 0 fully saturated rings. The van der Waals surface area contributed by atoms with Crippen molar-refractivity contribution in [3.05, 3.63) is 175 Å². The van der Waals surface area contributed by atoms with Gasteiger partial charge < -0.3 is 4.74 Å². The molecule has 3 heterocycles. The molecular formula is C47H29N3OS. The second-order valence-corrected chi connectivity index (χ2v) is 14.6. The van der Waals surface area contributed by atoms with Gasteiger partial charge in [0.25, 0.3) is 0 Å². The predicted octanol–water partition coefficient (Wildman–Crippen LogP) is 12.0. The van der Waals surface area contributed by atoms with Crippen molar-refractivity contribution in [2.24, 2.45) is 0 Å². The monoisotopic (exact) mass is 683 g/mol. The van der Waals surface area contributed by atoms with E-state index in [1.807, 2.05) is 29.5 Å². The molecule has 2 aromatic heterocycles. The topological polar surface area (TPSA) is 47.9 Å². The Labute approximate surface area is 304 Å². The molecule has 0 spiro atoms. The zero-order valence-electron chi connectivity index (χ0n) is 27.9. The van der Waals surface area contributed by atoms with E-state index in [4.69, 9.17) is 19.7 Å². The molecule has 0 amide bonds. The van der Waals surface area contributed by atoms with E-state index in [9.17, 15) is 0 Å². The van der Waals surface area contributed by atoms with Gasteiger partial charge in [-0.15, -0.1) is 11.3 Å². The first kappa shape index (κ1) is 29.3. The molecule has 7 aromatic carbocycles. The van der Waals surface area contributed by atoms with Gasteiger partial charge in [0.1, 0.15) is 11.9 Å². The van der Waals surface area contributed by atoms with Gasteiger partial charge in [-0.05, 0) is 63.0 Å². The van der Waals surface area contributed by atoms with Gasteiger partial charge in [-0.3, -0.25) is 0 Å². The maximum atomic E-state index is 6.68. The molecule has 0 saturated carbocycles. The molecule has 5 heteroatoms. The van der Waals surface area contributed by atoms with Crippen LogP contribution in [0.5, 0.6) is 5.75 Å². The molecule has 0 bridgehead atoms. The van der Waals surface area contributed by atoms with Crippen molar-refractivity contribution in [1.82, 2.24) is 15.0 Å². The Balaban J connectivity index is 1.01. The van der Waals surface area contributed by atoms with Crippen LogP contribution in [0.15, 0.2) is 164 Å². The summed E-state index contributed by atoms with van der Waals surface area (Å²) in [6, 6.07) is 51.6. The van der Waals surface area contributed by atoms with Crippen molar-refractivity contribution in [3.8, 4) is 39.7 Å². The van der Waals surface area contributed by atoms with Gasteiger partial charge >= 0.3 is 0 Å². The zero-order chi connectivity index (χ0) is 34.2. The highest BCUT2D eigenvalue weighted by atomic mass is 32.1. The van der Waals surface area contributed by atoms with E-state index in [0.717, 1.165) is 33.6 Å². The number of hydrogen-bond acceptors (Lipinski definition) is 5. The van der Waals surface area contributed by atoms with Crippen LogP contribution >= 0.6 is 11.3 Å². The Kier molecular flexibility index (Phi) is 6.51. The van der Waals surface area contributed by atoms with Gasteiger partial charge in [-0.1, -0.05) is 133 Å². The normalized spacial score (nSPS) is 16.3. The lowest BCUT2D eigenvalue weighted by atomic mass is 9.83. The highest BCUT2D eigenvalue weighted by Gasteiger charge is 2.38. The molecule has 2 atom stereocenters. The Morgan fingerprint density at radius 3 is 2.06 bits per heavy atom. The first-order valence-corrected chi connectivity index (χ1v) is 18.4. The van der Waals surface area contributed by atoms with Gasteiger partial charge in [-0.25, -0.2) is 15.0 Å². The highest BCUT2D eigenvalue weighted by Crippen LogP contribution is 2.49. The van der Waals surface area contributed by atoms with E-state index in [-0.39, 0.29) is 12.0 Å². The van der Waals surface area contributed by atoms with Crippen molar-refractivity contribution < 1.29 is 4.74 Å². The number of rotatable bonds is 4. The molecule has 9 aromatic rings. The van der Waals surface area contributed by atoms with E-state index < -0.39 is 0 Å². The van der Waals surface area contributed by atoms with Crippen molar-refractivity contribution >= 4 is 58.6 Å². The second-order valence-electron chi connectivity index (χ2n) is 13.5. The van der Waals surface area contributed by atoms with E-state index in [0.29, 0.717) is 17.5 Å². The summed E-state index contributed by atoms with van der Waals surface area (Å²) in [4.78, 5) is 15.4. The van der Waals surface area contributed by atoms with Crippen LogP contribution in [-0.2, 0) is 0 Å². The summed E-state index contributed by atoms with van der Waals surface area (Å²) < 4.78 is 9.29. The Morgan fingerprint density at radius 2 is 1.15 bits per heavy atom. The zero-order valence-corrected chi connectivity index (χ0v) is 28.7. The fraction of sp³-hybridized carbons (Fsp3) is 0.0426. The minimum atomic E-state index is -0.150. The van der Waals surface area contributed by atoms with E-state index >= 15 is 0 Å². The molecule has 1 aliphatic carbocycles. The number of benzene rings is 7. The number of hydrogen-bond donors (Lipinski definition) is 0. The lowest BCUT2D eigenvalue weighted by molar-refractivity contribution is 0.271. The number of ether oxygens (including phenoxy) is 1. The number of nitrogens with zero attached hydrogens (tertiary/aromatic N) is 3. The van der Waals surface area contributed by atoms with Crippen LogP contribution in [0.3, 0.4) is 0 Å². The minimum absolute atomic E-state index is 0.0430. The molecule has 11 rings (SSSR count). The molecule has 1 aliphatic heterocycles. The number of thiophene rings is 1. The fourth-order valence-corrected chi connectivity index (χ4v) is 9.09. The quantitative estimate of drug-likeness (QED) is 0.173. The molecule has 4 nitrogen and oxygen atoms in total. The lowest BCUT2D eigenvalue weighted by Gasteiger charge is -2.22. The van der Waals surface area contributed by atoms with Crippen LogP contribution in [0.1, 0.15) is 17.3 Å². The van der Waals surface area contributed by atoms with Crippen molar-refractivity contribution in [2.75, 3.05) is 0 Å². The Hall–Kier alpha value is -6.43. The number of fused-ring (bicyclic) bond motifs is 9. The van der Waals surface area contributed by atoms with Gasteiger partial charge in [-0.2, -0.15) is 0 Å². The average Bonchev–Trinajstić information content (AvgIpc) is 3.78. The second kappa shape index (κ2) is 11.6. The van der Waals surface area contributed by atoms with Gasteiger partial charge in [0.05, 0.1) is 5.92 Å². The number of allylic oxidation sites excluding steroid dienone is 2. The summed E-state index contributed by atoms with van der Waals surface area (Å²) >= 11 is 1.84. The van der Waals surface area contributed by atoms with Gasteiger partial charge in [0, 0.05) is 42.4 Å². The van der Waals surface area contributed by atoms with Gasteiger partial charge in [0.2, 0.25) is 0 Å². The summed E-state index contributed by atoms with van der Waals surface area (Å²) in [7, 11) is 0. The summed E-state index contributed by atoms with van der Waals surface area (Å²) in [5, 5.41) is 7.40. The highest BCUT2D eigenvalue weighted by molar-refractivity contribution is 7.25. The first-order chi connectivity index (χ1) is 25.7. The minimum Gasteiger partial charge on any atom is -0.485 e. The van der Waals surface area contributed by atoms with E-state index in [2.05, 4.69) is 146 Å². The van der Waals surface area contributed by atoms with E-state index in [1.54, 1.807) is 0 Å². The molecule has 2 unspecified atom stereocenters. The molecule has 0 radical (unpaired) electrons. The van der Waals surface area contributed by atoms with Crippen molar-refractivity contribution in [3.63, 3.8) is 0 Å². The summed E-state index contributed by atoms with van der Waals surface area (Å²) in [5.41, 5.74) is 6.40. The third kappa shape index (κ3) is 4.70. The summed E-state index contributed by atoms with van der Waals surface area (Å²) in [6.07, 6.45) is 6.21. The van der Waals surface area contributed by atoms with Crippen LogP contribution in [0, 0.1) is 0 Å². The average molecular weight is 684 g/mol. The number of aromatic nitrogens is 3. The van der Waals surface area contributed by atoms with Crippen LogP contribution in [0.4, 0.5) is 0 Å². The maximum absolute atomic E-state index is 6.68. The molecular weight excluding hydrogens is 655 g/mol. The van der Waals surface area contributed by atoms with Crippen LogP contribution < -0.4 is 4.74 Å². The first-order valence-electron chi connectivity index (χ1n) is 17.6. The standard InChI is InChI=1S/C47H29N3OS/c1-2-10-30(11-3-1)45-48-46(33-20-19-29-18-17-28-9-4-5-12-34(28)39(29)25-33)50-47(49-45)38-14-8-15-40-44(38)37-24-22-31(26-41(37)51-40)32-21-23-36-35-13-6-7-16-42(35)52-43(36)27-32/h1-27,40,44H. The van der Waals surface area contributed by atoms with E-state index in [1.165, 1.54) is 47.3 Å². The third-order valence-electron chi connectivity index (χ3n) is 10.5. The molecule has 0 N–H and O–H groups in total. The predicted molar refractivity (Wildman–Crippen MR) is 215 cm³/mol. The van der Waals surface area contributed by atoms with Crippen molar-refractivity contribution in [2.45, 2.75) is 12.0 Å². The SMILES string of the molecule is C1=CC2Oc3cc(-c4ccc5c(c4)sc4ccccc45)ccc3C2C(c2nc(-c3ccccc3)nc(-c3ccc4ccc5ccccc5c4c3)n2)=C1. The Bertz CT molecular complexity index is 2960. The van der Waals surface area contributed by atoms with Crippen LogP contribution in [0.2, 0.25) is 0 Å². The third-order valence-corrected chi connectivity index (χ3v) is 11.6. The Morgan fingerprint density at radius 1 is 0.481 bits per heavy atom. The maximum Gasteiger partial charge on any atom is 0.164 e. The van der Waals surface area contributed by atoms with Gasteiger partial charge in [0.15, 0.2) is 17.5 Å². The smallest absolute Gasteiger partial charge is 0.164 e. The summed E-state index contributed by atoms with van der Waals surface area (Å²) in [6.45, 7) is 0. The fourth-order valence-electron chi connectivity index (χ4n) is 7.94. The molecule has 52 heavy (non-hydrogen) atoms.